The van der Waals surface area contributed by atoms with Gasteiger partial charge in [-0.1, -0.05) is 49.8 Å². The lowest BCUT2D eigenvalue weighted by molar-refractivity contribution is -0.145. The number of hydrogen-bond donors (Lipinski definition) is 4. The first-order valence-corrected chi connectivity index (χ1v) is 18.2. The second-order valence-corrected chi connectivity index (χ2v) is 15.3. The van der Waals surface area contributed by atoms with Crippen LogP contribution >= 0.6 is 0 Å². The Labute approximate surface area is 322 Å². The van der Waals surface area contributed by atoms with Crippen LogP contribution in [-0.4, -0.2) is 45.0 Å². The first-order valence-electron chi connectivity index (χ1n) is 18.2. The molecule has 56 heavy (non-hydrogen) atoms. The molecule has 294 valence electrons. The van der Waals surface area contributed by atoms with Crippen LogP contribution in [0.5, 0.6) is 0 Å². The molecule has 0 bridgehead atoms. The van der Waals surface area contributed by atoms with Crippen LogP contribution in [0.4, 0.5) is 17.6 Å². The van der Waals surface area contributed by atoms with Crippen molar-refractivity contribution in [3.63, 3.8) is 0 Å². The monoisotopic (exact) mass is 772 g/mol. The molecule has 4 N–H and O–H groups in total. The minimum absolute atomic E-state index is 0.00327. The highest BCUT2D eigenvalue weighted by atomic mass is 19.1. The molecule has 2 amide bonds. The number of aliphatic carboxylic acids is 2. The molecule has 0 fully saturated rings. The number of carboxylic acid groups (broad SMARTS) is 2. The predicted octanol–water partition coefficient (Wildman–Crippen LogP) is 7.87. The van der Waals surface area contributed by atoms with Crippen molar-refractivity contribution in [3.05, 3.63) is 145 Å². The summed E-state index contributed by atoms with van der Waals surface area (Å²) >= 11 is 0. The summed E-state index contributed by atoms with van der Waals surface area (Å²) in [7, 11) is 0. The Kier molecular flexibility index (Phi) is 11.9. The lowest BCUT2D eigenvalue weighted by atomic mass is 9.91. The molecule has 2 aliphatic rings. The number of rotatable bonds is 9. The molecule has 4 aromatic carbocycles. The van der Waals surface area contributed by atoms with Gasteiger partial charge in [-0.3, -0.25) is 9.59 Å². The van der Waals surface area contributed by atoms with Crippen molar-refractivity contribution < 1.29 is 47.0 Å². The summed E-state index contributed by atoms with van der Waals surface area (Å²) in [6.07, 6.45) is 1.31. The van der Waals surface area contributed by atoms with Crippen molar-refractivity contribution in [3.8, 4) is 0 Å². The van der Waals surface area contributed by atoms with Gasteiger partial charge in [-0.25, -0.2) is 27.2 Å². The van der Waals surface area contributed by atoms with Gasteiger partial charge in [-0.15, -0.1) is 0 Å². The van der Waals surface area contributed by atoms with Crippen LogP contribution in [0.1, 0.15) is 92.9 Å². The number of carbonyl (C=O) groups excluding carboxylic acids is 2. The predicted molar refractivity (Wildman–Crippen MR) is 203 cm³/mol. The maximum Gasteiger partial charge on any atom is 0.330 e. The summed E-state index contributed by atoms with van der Waals surface area (Å²) in [6, 6.07) is 14.4. The van der Waals surface area contributed by atoms with Gasteiger partial charge in [0.25, 0.3) is 11.8 Å². The number of carboxylic acids is 2. The van der Waals surface area contributed by atoms with E-state index < -0.39 is 58.1 Å². The number of allylic oxidation sites excluding steroid dienone is 1. The molecule has 0 atom stereocenters. The number of carbonyl (C=O) groups is 4. The Morgan fingerprint density at radius 3 is 1.39 bits per heavy atom. The van der Waals surface area contributed by atoms with Crippen molar-refractivity contribution >= 4 is 29.8 Å². The van der Waals surface area contributed by atoms with Crippen molar-refractivity contribution in [1.29, 1.82) is 0 Å². The molecule has 0 saturated heterocycles. The molecule has 0 aromatic heterocycles. The minimum Gasteiger partial charge on any atom is -0.479 e. The fourth-order valence-electron chi connectivity index (χ4n) is 7.48. The van der Waals surface area contributed by atoms with Gasteiger partial charge in [0.1, 0.15) is 34.3 Å². The van der Waals surface area contributed by atoms with E-state index in [1.54, 1.807) is 24.3 Å². The van der Waals surface area contributed by atoms with E-state index in [9.17, 15) is 47.0 Å². The van der Waals surface area contributed by atoms with Crippen molar-refractivity contribution in [2.45, 2.75) is 84.7 Å². The van der Waals surface area contributed by atoms with E-state index in [0.29, 0.717) is 29.0 Å². The Bertz CT molecular complexity index is 2220. The summed E-state index contributed by atoms with van der Waals surface area (Å²) in [5, 5.41) is 24.8. The number of fused-ring (bicyclic) bond motifs is 2. The maximum atomic E-state index is 14.1. The average molecular weight is 773 g/mol. The van der Waals surface area contributed by atoms with Crippen molar-refractivity contribution in [2.75, 3.05) is 0 Å². The van der Waals surface area contributed by atoms with Gasteiger partial charge >= 0.3 is 11.9 Å². The second kappa shape index (κ2) is 16.1. The quantitative estimate of drug-likeness (QED) is 0.128. The number of amides is 2. The molecule has 0 unspecified atom stereocenters. The highest BCUT2D eigenvalue weighted by molar-refractivity contribution is 6.02. The molecule has 0 radical (unpaired) electrons. The van der Waals surface area contributed by atoms with E-state index >= 15 is 0 Å². The van der Waals surface area contributed by atoms with E-state index in [2.05, 4.69) is 10.6 Å². The average Bonchev–Trinajstić information content (AvgIpc) is 3.72. The number of nitrogens with one attached hydrogen (secondary N) is 2. The minimum atomic E-state index is -1.80. The second-order valence-electron chi connectivity index (χ2n) is 15.3. The molecule has 0 heterocycles. The van der Waals surface area contributed by atoms with Gasteiger partial charge in [0.15, 0.2) is 0 Å². The van der Waals surface area contributed by atoms with Gasteiger partial charge < -0.3 is 20.8 Å². The Morgan fingerprint density at radius 2 is 1.02 bits per heavy atom. The molecular weight excluding hydrogens is 728 g/mol. The van der Waals surface area contributed by atoms with E-state index in [0.717, 1.165) is 46.5 Å². The molecule has 2 aliphatic carbocycles. The van der Waals surface area contributed by atoms with Crippen molar-refractivity contribution in [1.82, 2.24) is 10.6 Å². The Hall–Kier alpha value is -5.78. The smallest absolute Gasteiger partial charge is 0.330 e. The molecule has 6 rings (SSSR count). The first-order chi connectivity index (χ1) is 26.3. The standard InChI is InChI=1S/C22H23F2NO3.C22H21F2NO3/c2*1-12(2)9-15-13(3)5-4-6-14(15)20(26)25-22(21(27)28)10-16-17(11-22)19(24)8-7-18(16)23/h4-8,12H,9-11H2,1-3H3,(H,25,26)(H,27,28);4-9H,10-11H2,1-3H3,(H,25,26)(H,27,28). The molecular formula is C44H44F4N2O6. The Morgan fingerprint density at radius 1 is 0.643 bits per heavy atom. The van der Waals surface area contributed by atoms with Gasteiger partial charge in [-0.05, 0) is 121 Å². The van der Waals surface area contributed by atoms with Crippen LogP contribution in [0.15, 0.2) is 66.2 Å². The topological polar surface area (TPSA) is 133 Å². The van der Waals surface area contributed by atoms with E-state index in [1.165, 1.54) is 0 Å². The third-order valence-corrected chi connectivity index (χ3v) is 10.3. The van der Waals surface area contributed by atoms with Gasteiger partial charge in [0.05, 0.1) is 0 Å². The third kappa shape index (κ3) is 8.24. The highest BCUT2D eigenvalue weighted by Gasteiger charge is 2.49. The van der Waals surface area contributed by atoms with Crippen LogP contribution < -0.4 is 10.6 Å². The number of aryl methyl sites for hydroxylation is 2. The van der Waals surface area contributed by atoms with Gasteiger partial charge in [0, 0.05) is 36.8 Å². The summed E-state index contributed by atoms with van der Waals surface area (Å²) in [6.45, 7) is 11.6. The lowest BCUT2D eigenvalue weighted by Gasteiger charge is -2.26. The summed E-state index contributed by atoms with van der Waals surface area (Å²) in [5.74, 6) is -6.14. The Balaban J connectivity index is 0.000000214. The van der Waals surface area contributed by atoms with Crippen LogP contribution in [0.25, 0.3) is 6.08 Å². The number of benzene rings is 4. The van der Waals surface area contributed by atoms with Crippen LogP contribution in [0.3, 0.4) is 0 Å². The first kappa shape index (κ1) is 41.4. The SMILES string of the molecule is CC(C)=Cc1c(C)cccc1C(=O)NC1(C(=O)O)Cc2c(F)ccc(F)c2C1.Cc1cccc(C(=O)NC2(C(=O)O)Cc3c(F)ccc(F)c3C2)c1CC(C)C. The zero-order chi connectivity index (χ0) is 41.3. The zero-order valence-electron chi connectivity index (χ0n) is 32.0. The largest absolute Gasteiger partial charge is 0.479 e. The van der Waals surface area contributed by atoms with E-state index in [1.807, 2.05) is 59.8 Å². The lowest BCUT2D eigenvalue weighted by Crippen LogP contribution is -2.55. The fraction of sp³-hybridized carbons (Fsp3) is 0.318. The molecule has 8 nitrogen and oxygen atoms in total. The molecule has 4 aromatic rings. The van der Waals surface area contributed by atoms with Gasteiger partial charge in [0.2, 0.25) is 0 Å². The number of halogens is 4. The van der Waals surface area contributed by atoms with E-state index in [-0.39, 0.29) is 47.9 Å². The zero-order valence-corrected chi connectivity index (χ0v) is 32.0. The van der Waals surface area contributed by atoms with Crippen LogP contribution in [-0.2, 0) is 41.7 Å². The van der Waals surface area contributed by atoms with Crippen LogP contribution in [0, 0.1) is 43.0 Å². The molecule has 0 saturated carbocycles. The summed E-state index contributed by atoms with van der Waals surface area (Å²) < 4.78 is 56.5. The third-order valence-electron chi connectivity index (χ3n) is 10.3. The highest BCUT2D eigenvalue weighted by Crippen LogP contribution is 2.36. The maximum absolute atomic E-state index is 14.1. The van der Waals surface area contributed by atoms with Crippen LogP contribution in [0.2, 0.25) is 0 Å². The molecule has 0 spiro atoms. The normalized spacial score (nSPS) is 14.6. The molecule has 12 heteroatoms. The van der Waals surface area contributed by atoms with Crippen molar-refractivity contribution in [2.24, 2.45) is 5.92 Å². The molecule has 0 aliphatic heterocycles. The fourth-order valence-corrected chi connectivity index (χ4v) is 7.48. The van der Waals surface area contributed by atoms with Gasteiger partial charge in [-0.2, -0.15) is 0 Å². The van der Waals surface area contributed by atoms with E-state index in [4.69, 9.17) is 0 Å². The summed E-state index contributed by atoms with van der Waals surface area (Å²) in [5.41, 5.74) is 1.48. The summed E-state index contributed by atoms with van der Waals surface area (Å²) in [4.78, 5) is 50.1. The number of hydrogen-bond acceptors (Lipinski definition) is 4.